The van der Waals surface area contributed by atoms with Crippen molar-refractivity contribution in [2.24, 2.45) is 0 Å². The molecule has 2 heterocycles. The second-order valence-electron chi connectivity index (χ2n) is 8.03. The molecule has 7 heteroatoms. The number of rotatable bonds is 9. The molecular formula is C24H32ClN3O3. The summed E-state index contributed by atoms with van der Waals surface area (Å²) in [6.45, 7) is 7.38. The molecule has 0 aliphatic carbocycles. The summed E-state index contributed by atoms with van der Waals surface area (Å²) in [4.78, 5) is 28.3. The Morgan fingerprint density at radius 3 is 2.81 bits per heavy atom. The van der Waals surface area contributed by atoms with Crippen LogP contribution < -0.4 is 10.7 Å². The Kier molecular flexibility index (Phi) is 8.29. The van der Waals surface area contributed by atoms with E-state index in [-0.39, 0.29) is 23.5 Å². The molecule has 1 aromatic carbocycles. The first-order valence-electron chi connectivity index (χ1n) is 10.9. The third-order valence-corrected chi connectivity index (χ3v) is 6.47. The Hall–Kier alpha value is -2.15. The molecular weight excluding hydrogens is 414 g/mol. The topological polar surface area (TPSA) is 63.6 Å². The van der Waals surface area contributed by atoms with Gasteiger partial charge in [0.15, 0.2) is 5.43 Å². The zero-order valence-electron chi connectivity index (χ0n) is 18.6. The van der Waals surface area contributed by atoms with Crippen LogP contribution in [0.15, 0.2) is 35.1 Å². The van der Waals surface area contributed by atoms with Gasteiger partial charge in [0.05, 0.1) is 12.3 Å². The number of likely N-dealkylation sites (N-methyl/N-ethyl adjacent to an activating group) is 1. The molecule has 0 spiro atoms. The fourth-order valence-electron chi connectivity index (χ4n) is 4.45. The maximum atomic E-state index is 13.1. The molecule has 1 fully saturated rings. The van der Waals surface area contributed by atoms with Crippen LogP contribution in [0.4, 0.5) is 0 Å². The van der Waals surface area contributed by atoms with Gasteiger partial charge in [-0.1, -0.05) is 36.7 Å². The first-order valence-corrected chi connectivity index (χ1v) is 11.3. The minimum Gasteiger partial charge on any atom is -0.378 e. The van der Waals surface area contributed by atoms with Gasteiger partial charge in [0.2, 0.25) is 0 Å². The number of halogens is 1. The molecule has 1 atom stereocenters. The first kappa shape index (κ1) is 23.5. The molecule has 1 amide bonds. The first-order chi connectivity index (χ1) is 15.0. The highest BCUT2D eigenvalue weighted by Gasteiger charge is 2.25. The molecule has 0 radical (unpaired) electrons. The summed E-state index contributed by atoms with van der Waals surface area (Å²) < 4.78 is 7.38. The highest BCUT2D eigenvalue weighted by atomic mass is 35.5. The van der Waals surface area contributed by atoms with Gasteiger partial charge in [-0.15, -0.1) is 0 Å². The van der Waals surface area contributed by atoms with Crippen molar-refractivity contribution in [2.45, 2.75) is 52.3 Å². The molecule has 1 aliphatic heterocycles. The zero-order chi connectivity index (χ0) is 22.4. The molecule has 168 valence electrons. The van der Waals surface area contributed by atoms with Crippen LogP contribution in [0, 0.1) is 6.92 Å². The Morgan fingerprint density at radius 2 is 2.10 bits per heavy atom. The minimum absolute atomic E-state index is 0.174. The third kappa shape index (κ3) is 5.56. The third-order valence-electron chi connectivity index (χ3n) is 6.10. The molecule has 1 N–H and O–H groups in total. The summed E-state index contributed by atoms with van der Waals surface area (Å²) in [5, 5.41) is 3.72. The Bertz CT molecular complexity index is 973. The van der Waals surface area contributed by atoms with Gasteiger partial charge in [-0.2, -0.15) is 0 Å². The number of hydrogen-bond donors (Lipinski definition) is 1. The average Bonchev–Trinajstić information content (AvgIpc) is 3.20. The number of carbonyl (C=O) groups excluding carboxylic acids is 1. The number of nitrogens with one attached hydrogen (secondary N) is 1. The van der Waals surface area contributed by atoms with Crippen LogP contribution in [0.1, 0.15) is 47.1 Å². The number of likely N-dealkylation sites (tertiary alicyclic amines) is 1. The molecule has 0 saturated carbocycles. The lowest BCUT2D eigenvalue weighted by Gasteiger charge is -2.24. The number of pyridine rings is 1. The summed E-state index contributed by atoms with van der Waals surface area (Å²) in [7, 11) is 1.57. The van der Waals surface area contributed by atoms with Gasteiger partial charge in [0, 0.05) is 43.0 Å². The predicted molar refractivity (Wildman–Crippen MR) is 124 cm³/mol. The Labute approximate surface area is 189 Å². The number of carbonyl (C=O) groups is 1. The molecule has 2 aromatic rings. The lowest BCUT2D eigenvalue weighted by molar-refractivity contribution is 0.0932. The SMILES string of the molecule is CCN1CCCC1CNC(=O)c1c(COC)n(CCc2ccccc2Cl)c(C)cc1=O. The summed E-state index contributed by atoms with van der Waals surface area (Å²) in [6, 6.07) is 9.58. The standard InChI is InChI=1S/C24H32ClN3O3/c1-4-27-12-7-9-19(27)15-26-24(30)23-21(16-31-3)28(17(2)14-22(23)29)13-11-18-8-5-6-10-20(18)25/h5-6,8,10,14,19H,4,7,9,11-13,15-16H2,1-3H3,(H,26,30). The number of nitrogens with zero attached hydrogens (tertiary/aromatic N) is 2. The monoisotopic (exact) mass is 445 g/mol. The maximum Gasteiger partial charge on any atom is 0.257 e. The van der Waals surface area contributed by atoms with Gasteiger partial charge in [-0.3, -0.25) is 14.5 Å². The van der Waals surface area contributed by atoms with Gasteiger partial charge >= 0.3 is 0 Å². The summed E-state index contributed by atoms with van der Waals surface area (Å²) in [6.07, 6.45) is 2.90. The van der Waals surface area contributed by atoms with Crippen LogP contribution in [0.5, 0.6) is 0 Å². The van der Waals surface area contributed by atoms with E-state index in [9.17, 15) is 9.59 Å². The second kappa shape index (κ2) is 10.9. The smallest absolute Gasteiger partial charge is 0.257 e. The van der Waals surface area contributed by atoms with Crippen LogP contribution in [0.25, 0.3) is 0 Å². The molecule has 6 nitrogen and oxygen atoms in total. The maximum absolute atomic E-state index is 13.1. The van der Waals surface area contributed by atoms with Crippen molar-refractivity contribution in [1.29, 1.82) is 0 Å². The highest BCUT2D eigenvalue weighted by molar-refractivity contribution is 6.31. The second-order valence-corrected chi connectivity index (χ2v) is 8.44. The van der Waals surface area contributed by atoms with Crippen LogP contribution >= 0.6 is 11.6 Å². The van der Waals surface area contributed by atoms with E-state index < -0.39 is 0 Å². The number of aromatic nitrogens is 1. The molecule has 3 rings (SSSR count). The van der Waals surface area contributed by atoms with Crippen molar-refractivity contribution < 1.29 is 9.53 Å². The van der Waals surface area contributed by atoms with Gasteiger partial charge < -0.3 is 14.6 Å². The molecule has 1 unspecified atom stereocenters. The number of methoxy groups -OCH3 is 1. The predicted octanol–water partition coefficient (Wildman–Crippen LogP) is 3.41. The van der Waals surface area contributed by atoms with E-state index in [1.807, 2.05) is 35.8 Å². The Balaban J connectivity index is 1.85. The number of ether oxygens (including phenoxy) is 1. The molecule has 1 saturated heterocycles. The molecule has 31 heavy (non-hydrogen) atoms. The van der Waals surface area contributed by atoms with E-state index >= 15 is 0 Å². The van der Waals surface area contributed by atoms with Crippen LogP contribution in [0.3, 0.4) is 0 Å². The lowest BCUT2D eigenvalue weighted by atomic mass is 10.1. The normalized spacial score (nSPS) is 16.6. The van der Waals surface area contributed by atoms with Crippen molar-refractivity contribution in [1.82, 2.24) is 14.8 Å². The van der Waals surface area contributed by atoms with Crippen LogP contribution in [0.2, 0.25) is 5.02 Å². The minimum atomic E-state index is -0.327. The molecule has 0 bridgehead atoms. The summed E-state index contributed by atoms with van der Waals surface area (Å²) in [5.41, 5.74) is 2.34. The number of aryl methyl sites for hydroxylation is 2. The quantitative estimate of drug-likeness (QED) is 0.642. The Morgan fingerprint density at radius 1 is 1.32 bits per heavy atom. The average molecular weight is 446 g/mol. The highest BCUT2D eigenvalue weighted by Crippen LogP contribution is 2.19. The van der Waals surface area contributed by atoms with E-state index in [1.54, 1.807) is 7.11 Å². The van der Waals surface area contributed by atoms with Gasteiger partial charge in [-0.25, -0.2) is 0 Å². The van der Waals surface area contributed by atoms with E-state index in [4.69, 9.17) is 16.3 Å². The largest absolute Gasteiger partial charge is 0.378 e. The van der Waals surface area contributed by atoms with Gasteiger partial charge in [0.1, 0.15) is 5.56 Å². The zero-order valence-corrected chi connectivity index (χ0v) is 19.4. The van der Waals surface area contributed by atoms with Gasteiger partial charge in [0.25, 0.3) is 5.91 Å². The molecule has 1 aromatic heterocycles. The molecule has 1 aliphatic rings. The van der Waals surface area contributed by atoms with Gasteiger partial charge in [-0.05, 0) is 50.9 Å². The van der Waals surface area contributed by atoms with Crippen molar-refractivity contribution >= 4 is 17.5 Å². The van der Waals surface area contributed by atoms with Crippen LogP contribution in [-0.4, -0.2) is 48.2 Å². The fraction of sp³-hybridized carbons (Fsp3) is 0.500. The van der Waals surface area contributed by atoms with Crippen LogP contribution in [-0.2, 0) is 24.3 Å². The fourth-order valence-corrected chi connectivity index (χ4v) is 4.68. The van der Waals surface area contributed by atoms with Crippen molar-refractivity contribution in [3.8, 4) is 0 Å². The van der Waals surface area contributed by atoms with E-state index in [0.717, 1.165) is 37.2 Å². The van der Waals surface area contributed by atoms with E-state index in [1.165, 1.54) is 6.07 Å². The number of hydrogen-bond acceptors (Lipinski definition) is 4. The lowest BCUT2D eigenvalue weighted by Crippen LogP contribution is -2.42. The summed E-state index contributed by atoms with van der Waals surface area (Å²) >= 11 is 6.31. The van der Waals surface area contributed by atoms with E-state index in [0.29, 0.717) is 36.3 Å². The number of amides is 1. The van der Waals surface area contributed by atoms with E-state index in [2.05, 4.69) is 17.1 Å². The van der Waals surface area contributed by atoms with Crippen molar-refractivity contribution in [3.63, 3.8) is 0 Å². The van der Waals surface area contributed by atoms with Crippen molar-refractivity contribution in [2.75, 3.05) is 26.7 Å². The number of benzene rings is 1. The van der Waals surface area contributed by atoms with Crippen molar-refractivity contribution in [3.05, 3.63) is 68.1 Å². The summed E-state index contributed by atoms with van der Waals surface area (Å²) in [5.74, 6) is -0.327.